The van der Waals surface area contributed by atoms with E-state index in [1.165, 1.54) is 0 Å². The number of carbonyl (C=O) groups excluding carboxylic acids is 1. The minimum atomic E-state index is -0.259. The molecule has 5 nitrogen and oxygen atoms in total. The van der Waals surface area contributed by atoms with E-state index in [2.05, 4.69) is 10.6 Å². The molecule has 0 saturated carbocycles. The van der Waals surface area contributed by atoms with Gasteiger partial charge >= 0.3 is 0 Å². The number of methoxy groups -OCH3 is 1. The van der Waals surface area contributed by atoms with Crippen molar-refractivity contribution >= 4 is 11.6 Å². The molecule has 1 amide bonds. The lowest BCUT2D eigenvalue weighted by Gasteiger charge is -2.15. The van der Waals surface area contributed by atoms with Gasteiger partial charge in [0, 0.05) is 24.4 Å². The maximum Gasteiger partial charge on any atom is 0.246 e. The van der Waals surface area contributed by atoms with E-state index in [9.17, 15) is 4.79 Å². The fourth-order valence-corrected chi connectivity index (χ4v) is 2.22. The number of hydrogen-bond donors (Lipinski definition) is 2. The Labute approximate surface area is 113 Å². The highest BCUT2D eigenvalue weighted by Crippen LogP contribution is 2.33. The van der Waals surface area contributed by atoms with E-state index in [1.807, 2.05) is 32.0 Å². The fraction of sp³-hybridized carbons (Fsp3) is 0.500. The monoisotopic (exact) mass is 264 g/mol. The molecule has 0 radical (unpaired) electrons. The summed E-state index contributed by atoms with van der Waals surface area (Å²) in [7, 11) is 1.64. The van der Waals surface area contributed by atoms with Crippen LogP contribution in [-0.2, 0) is 9.53 Å². The summed E-state index contributed by atoms with van der Waals surface area (Å²) in [6.07, 6.45) is -0.0234. The van der Waals surface area contributed by atoms with Crippen LogP contribution in [0.5, 0.6) is 5.75 Å². The van der Waals surface area contributed by atoms with E-state index >= 15 is 0 Å². The standard InChI is InChI=1S/C14H20N2O3/c1-4-15-13-11-6-5-10(19-9(2)8-18-3)7-12(11)16-14(13)17/h5-7,9,13,15H,4,8H2,1-3H3,(H,16,17). The fourth-order valence-electron chi connectivity index (χ4n) is 2.22. The summed E-state index contributed by atoms with van der Waals surface area (Å²) in [5.41, 5.74) is 1.79. The van der Waals surface area contributed by atoms with Gasteiger partial charge in [-0.1, -0.05) is 13.0 Å². The summed E-state index contributed by atoms with van der Waals surface area (Å²) >= 11 is 0. The number of likely N-dealkylation sites (N-methyl/N-ethyl adjacent to an activating group) is 1. The quantitative estimate of drug-likeness (QED) is 0.821. The molecule has 19 heavy (non-hydrogen) atoms. The molecular formula is C14H20N2O3. The van der Waals surface area contributed by atoms with Crippen LogP contribution >= 0.6 is 0 Å². The predicted molar refractivity (Wildman–Crippen MR) is 73.5 cm³/mol. The molecule has 1 heterocycles. The van der Waals surface area contributed by atoms with Crippen molar-refractivity contribution in [3.05, 3.63) is 23.8 Å². The maximum atomic E-state index is 11.8. The minimum absolute atomic E-state index is 0.0149. The van der Waals surface area contributed by atoms with E-state index in [1.54, 1.807) is 7.11 Å². The van der Waals surface area contributed by atoms with Gasteiger partial charge < -0.3 is 20.1 Å². The van der Waals surface area contributed by atoms with Gasteiger partial charge in [-0.2, -0.15) is 0 Å². The van der Waals surface area contributed by atoms with Crippen LogP contribution in [0.3, 0.4) is 0 Å². The smallest absolute Gasteiger partial charge is 0.246 e. The first kappa shape index (κ1) is 13.8. The van der Waals surface area contributed by atoms with E-state index in [-0.39, 0.29) is 18.1 Å². The number of nitrogens with one attached hydrogen (secondary N) is 2. The predicted octanol–water partition coefficient (Wildman–Crippen LogP) is 1.70. The topological polar surface area (TPSA) is 59.6 Å². The van der Waals surface area contributed by atoms with Gasteiger partial charge in [0.1, 0.15) is 17.9 Å². The zero-order valence-corrected chi connectivity index (χ0v) is 11.5. The van der Waals surface area contributed by atoms with E-state index in [4.69, 9.17) is 9.47 Å². The molecule has 1 aromatic rings. The molecule has 0 saturated heterocycles. The first-order valence-electron chi connectivity index (χ1n) is 6.49. The highest BCUT2D eigenvalue weighted by Gasteiger charge is 2.29. The Balaban J connectivity index is 2.13. The second kappa shape index (κ2) is 6.04. The Kier molecular flexibility index (Phi) is 4.39. The molecule has 5 heteroatoms. The third-order valence-corrected chi connectivity index (χ3v) is 3.00. The second-order valence-electron chi connectivity index (χ2n) is 4.61. The Bertz CT molecular complexity index is 462. The number of anilines is 1. The van der Waals surface area contributed by atoms with Crippen molar-refractivity contribution in [3.63, 3.8) is 0 Å². The first-order chi connectivity index (χ1) is 9.15. The van der Waals surface area contributed by atoms with Crippen molar-refractivity contribution in [1.29, 1.82) is 0 Å². The Morgan fingerprint density at radius 2 is 2.26 bits per heavy atom. The molecule has 0 aromatic heterocycles. The van der Waals surface area contributed by atoms with Crippen LogP contribution < -0.4 is 15.4 Å². The molecule has 2 unspecified atom stereocenters. The van der Waals surface area contributed by atoms with E-state index in [0.29, 0.717) is 6.61 Å². The van der Waals surface area contributed by atoms with Crippen LogP contribution in [0.4, 0.5) is 5.69 Å². The van der Waals surface area contributed by atoms with Crippen LogP contribution in [0.1, 0.15) is 25.5 Å². The van der Waals surface area contributed by atoms with Gasteiger partial charge in [0.25, 0.3) is 0 Å². The number of hydrogen-bond acceptors (Lipinski definition) is 4. The number of rotatable bonds is 6. The lowest BCUT2D eigenvalue weighted by atomic mass is 10.1. The van der Waals surface area contributed by atoms with Crippen LogP contribution in [0, 0.1) is 0 Å². The van der Waals surface area contributed by atoms with Gasteiger partial charge in [-0.05, 0) is 19.5 Å². The highest BCUT2D eigenvalue weighted by atomic mass is 16.5. The van der Waals surface area contributed by atoms with Crippen molar-refractivity contribution in [2.24, 2.45) is 0 Å². The average Bonchev–Trinajstić information content (AvgIpc) is 2.66. The van der Waals surface area contributed by atoms with E-state index in [0.717, 1.165) is 23.5 Å². The zero-order chi connectivity index (χ0) is 13.8. The largest absolute Gasteiger partial charge is 0.488 e. The average molecular weight is 264 g/mol. The van der Waals surface area contributed by atoms with Crippen LogP contribution in [0.25, 0.3) is 0 Å². The maximum absolute atomic E-state index is 11.8. The Morgan fingerprint density at radius 3 is 2.95 bits per heavy atom. The summed E-state index contributed by atoms with van der Waals surface area (Å²) in [5, 5.41) is 6.02. The molecule has 1 aromatic carbocycles. The van der Waals surface area contributed by atoms with Gasteiger partial charge in [0.15, 0.2) is 0 Å². The lowest BCUT2D eigenvalue weighted by molar-refractivity contribution is -0.117. The second-order valence-corrected chi connectivity index (χ2v) is 4.61. The van der Waals surface area contributed by atoms with Gasteiger partial charge in [0.2, 0.25) is 5.91 Å². The number of benzene rings is 1. The van der Waals surface area contributed by atoms with Crippen molar-refractivity contribution in [1.82, 2.24) is 5.32 Å². The summed E-state index contributed by atoms with van der Waals surface area (Å²) < 4.78 is 10.7. The summed E-state index contributed by atoms with van der Waals surface area (Å²) in [4.78, 5) is 11.8. The van der Waals surface area contributed by atoms with E-state index < -0.39 is 0 Å². The zero-order valence-electron chi connectivity index (χ0n) is 11.5. The lowest BCUT2D eigenvalue weighted by Crippen LogP contribution is -2.27. The van der Waals surface area contributed by atoms with Crippen molar-refractivity contribution in [2.45, 2.75) is 26.0 Å². The number of amides is 1. The molecule has 2 atom stereocenters. The van der Waals surface area contributed by atoms with Gasteiger partial charge in [0.05, 0.1) is 6.61 Å². The van der Waals surface area contributed by atoms with Gasteiger partial charge in [-0.25, -0.2) is 0 Å². The first-order valence-corrected chi connectivity index (χ1v) is 6.49. The molecular weight excluding hydrogens is 244 g/mol. The summed E-state index contributed by atoms with van der Waals surface area (Å²) in [5.74, 6) is 0.722. The van der Waals surface area contributed by atoms with Crippen molar-refractivity contribution in [3.8, 4) is 5.75 Å². The number of ether oxygens (including phenoxy) is 2. The molecule has 1 aliphatic rings. The van der Waals surface area contributed by atoms with Crippen molar-refractivity contribution in [2.75, 3.05) is 25.6 Å². The minimum Gasteiger partial charge on any atom is -0.488 e. The molecule has 1 aliphatic heterocycles. The molecule has 2 N–H and O–H groups in total. The van der Waals surface area contributed by atoms with Crippen LogP contribution in [-0.4, -0.2) is 32.3 Å². The SMILES string of the molecule is CCNC1C(=O)Nc2cc(OC(C)COC)ccc21. The third kappa shape index (κ3) is 3.05. The summed E-state index contributed by atoms with van der Waals surface area (Å²) in [6.45, 7) is 5.20. The number of carbonyl (C=O) groups is 1. The van der Waals surface area contributed by atoms with Crippen molar-refractivity contribution < 1.29 is 14.3 Å². The third-order valence-electron chi connectivity index (χ3n) is 3.00. The number of fused-ring (bicyclic) bond motifs is 1. The van der Waals surface area contributed by atoms with Crippen LogP contribution in [0.2, 0.25) is 0 Å². The Morgan fingerprint density at radius 1 is 1.47 bits per heavy atom. The highest BCUT2D eigenvalue weighted by molar-refractivity contribution is 6.02. The Hall–Kier alpha value is -1.59. The van der Waals surface area contributed by atoms with Crippen LogP contribution in [0.15, 0.2) is 18.2 Å². The molecule has 0 spiro atoms. The summed E-state index contributed by atoms with van der Waals surface area (Å²) in [6, 6.07) is 5.41. The van der Waals surface area contributed by atoms with Gasteiger partial charge in [-0.15, -0.1) is 0 Å². The molecule has 0 fully saturated rings. The molecule has 0 bridgehead atoms. The molecule has 0 aliphatic carbocycles. The normalized spacial score (nSPS) is 18.9. The van der Waals surface area contributed by atoms with Gasteiger partial charge in [-0.3, -0.25) is 4.79 Å². The molecule has 104 valence electrons. The molecule has 2 rings (SSSR count).